The van der Waals surface area contributed by atoms with Gasteiger partial charge in [-0.3, -0.25) is 0 Å². The van der Waals surface area contributed by atoms with Gasteiger partial charge >= 0.3 is 0 Å². The van der Waals surface area contributed by atoms with Crippen LogP contribution in [0.1, 0.15) is 30.9 Å². The summed E-state index contributed by atoms with van der Waals surface area (Å²) in [5.74, 6) is 0.511. The van der Waals surface area contributed by atoms with Gasteiger partial charge in [-0.2, -0.15) is 5.26 Å². The molecule has 1 atom stereocenters. The average Bonchev–Trinajstić information content (AvgIpc) is 3.11. The second-order valence-electron chi connectivity index (χ2n) is 4.42. The van der Waals surface area contributed by atoms with Gasteiger partial charge in [0.2, 0.25) is 0 Å². The van der Waals surface area contributed by atoms with Crippen LogP contribution in [0.2, 0.25) is 0 Å². The normalized spacial score (nSPS) is 16.8. The highest BCUT2D eigenvalue weighted by atomic mass is 19.1. The zero-order chi connectivity index (χ0) is 11.5. The molecule has 1 aliphatic carbocycles. The molecule has 2 nitrogen and oxygen atoms in total. The minimum absolute atomic E-state index is 0.241. The van der Waals surface area contributed by atoms with E-state index in [4.69, 9.17) is 5.26 Å². The van der Waals surface area contributed by atoms with Gasteiger partial charge in [0.15, 0.2) is 0 Å². The maximum absolute atomic E-state index is 13.4. The van der Waals surface area contributed by atoms with Crippen LogP contribution in [0, 0.1) is 23.1 Å². The second kappa shape index (κ2) is 4.63. The van der Waals surface area contributed by atoms with Crippen molar-refractivity contribution in [1.29, 1.82) is 5.26 Å². The van der Waals surface area contributed by atoms with Crippen molar-refractivity contribution in [3.05, 3.63) is 35.1 Å². The van der Waals surface area contributed by atoms with Gasteiger partial charge in [0.05, 0.1) is 11.6 Å². The van der Waals surface area contributed by atoms with Gasteiger partial charge in [0.25, 0.3) is 0 Å². The lowest BCUT2D eigenvalue weighted by atomic mass is 10.1. The van der Waals surface area contributed by atoms with Crippen molar-refractivity contribution in [3.8, 4) is 6.07 Å². The number of hydrogen-bond acceptors (Lipinski definition) is 2. The van der Waals surface area contributed by atoms with Crippen molar-refractivity contribution in [1.82, 2.24) is 5.32 Å². The van der Waals surface area contributed by atoms with E-state index in [1.54, 1.807) is 6.07 Å². The Kier molecular flexibility index (Phi) is 3.21. The molecule has 1 fully saturated rings. The summed E-state index contributed by atoms with van der Waals surface area (Å²) in [5.41, 5.74) is 1.09. The number of nitrogens with one attached hydrogen (secondary N) is 1. The molecule has 0 bridgehead atoms. The van der Waals surface area contributed by atoms with Gasteiger partial charge in [0.1, 0.15) is 5.82 Å². The van der Waals surface area contributed by atoms with Crippen LogP contribution in [-0.4, -0.2) is 6.04 Å². The number of rotatable bonds is 4. The Hall–Kier alpha value is -1.40. The van der Waals surface area contributed by atoms with E-state index in [0.29, 0.717) is 23.7 Å². The van der Waals surface area contributed by atoms with Crippen molar-refractivity contribution in [2.45, 2.75) is 32.4 Å². The van der Waals surface area contributed by atoms with E-state index in [0.717, 1.165) is 5.92 Å². The first-order chi connectivity index (χ1) is 7.70. The fraction of sp³-hybridized carbons (Fsp3) is 0.462. The van der Waals surface area contributed by atoms with E-state index in [-0.39, 0.29) is 5.82 Å². The van der Waals surface area contributed by atoms with Crippen LogP contribution in [0.25, 0.3) is 0 Å². The molecule has 0 spiro atoms. The summed E-state index contributed by atoms with van der Waals surface area (Å²) >= 11 is 0. The molecule has 0 aliphatic heterocycles. The van der Waals surface area contributed by atoms with Crippen LogP contribution in [0.4, 0.5) is 4.39 Å². The Morgan fingerprint density at radius 3 is 2.94 bits per heavy atom. The zero-order valence-corrected chi connectivity index (χ0v) is 9.33. The molecule has 2 rings (SSSR count). The molecule has 3 heteroatoms. The van der Waals surface area contributed by atoms with E-state index in [1.165, 1.54) is 25.0 Å². The quantitative estimate of drug-likeness (QED) is 0.843. The summed E-state index contributed by atoms with van der Waals surface area (Å²) < 4.78 is 13.4. The first-order valence-electron chi connectivity index (χ1n) is 5.62. The molecule has 16 heavy (non-hydrogen) atoms. The molecule has 0 aromatic heterocycles. The van der Waals surface area contributed by atoms with Gasteiger partial charge in [-0.25, -0.2) is 4.39 Å². The highest BCUT2D eigenvalue weighted by Gasteiger charge is 2.27. The first-order valence-corrected chi connectivity index (χ1v) is 5.62. The lowest BCUT2D eigenvalue weighted by Crippen LogP contribution is -2.27. The van der Waals surface area contributed by atoms with Crippen LogP contribution in [0.3, 0.4) is 0 Å². The van der Waals surface area contributed by atoms with Gasteiger partial charge in [-0.05, 0) is 43.9 Å². The van der Waals surface area contributed by atoms with E-state index in [2.05, 4.69) is 12.2 Å². The Labute approximate surface area is 95.1 Å². The van der Waals surface area contributed by atoms with E-state index >= 15 is 0 Å². The fourth-order valence-electron chi connectivity index (χ4n) is 1.81. The molecule has 0 heterocycles. The standard InChI is InChI=1S/C13H15FN2/c1-9(11-3-4-11)16-8-12-6-10(7-15)2-5-13(12)14/h2,5-6,9,11,16H,3-4,8H2,1H3. The maximum Gasteiger partial charge on any atom is 0.127 e. The monoisotopic (exact) mass is 218 g/mol. The van der Waals surface area contributed by atoms with Gasteiger partial charge in [-0.1, -0.05) is 0 Å². The van der Waals surface area contributed by atoms with E-state index < -0.39 is 0 Å². The summed E-state index contributed by atoms with van der Waals surface area (Å²) in [6.45, 7) is 2.63. The largest absolute Gasteiger partial charge is 0.310 e. The summed E-state index contributed by atoms with van der Waals surface area (Å²) in [7, 11) is 0. The lowest BCUT2D eigenvalue weighted by Gasteiger charge is -2.13. The van der Waals surface area contributed by atoms with Crippen molar-refractivity contribution >= 4 is 0 Å². The van der Waals surface area contributed by atoms with Gasteiger partial charge < -0.3 is 5.32 Å². The maximum atomic E-state index is 13.4. The Balaban J connectivity index is 1.99. The molecule has 0 amide bonds. The van der Waals surface area contributed by atoms with Crippen LogP contribution in [0.5, 0.6) is 0 Å². The first kappa shape index (κ1) is 11.1. The van der Waals surface area contributed by atoms with Crippen molar-refractivity contribution < 1.29 is 4.39 Å². The van der Waals surface area contributed by atoms with Crippen molar-refractivity contribution in [2.24, 2.45) is 5.92 Å². The summed E-state index contributed by atoms with van der Waals surface area (Å²) in [4.78, 5) is 0. The Morgan fingerprint density at radius 2 is 2.31 bits per heavy atom. The SMILES string of the molecule is CC(NCc1cc(C#N)ccc1F)C1CC1. The van der Waals surface area contributed by atoms with Crippen molar-refractivity contribution in [3.63, 3.8) is 0 Å². The predicted octanol–water partition coefficient (Wildman–Crippen LogP) is 2.59. The van der Waals surface area contributed by atoms with Gasteiger partial charge in [-0.15, -0.1) is 0 Å². The summed E-state index contributed by atoms with van der Waals surface area (Å²) in [6.07, 6.45) is 2.55. The average molecular weight is 218 g/mol. The molecule has 0 saturated heterocycles. The molecule has 1 aliphatic rings. The van der Waals surface area contributed by atoms with Crippen molar-refractivity contribution in [2.75, 3.05) is 0 Å². The van der Waals surface area contributed by atoms with Crippen LogP contribution in [-0.2, 0) is 6.54 Å². The van der Waals surface area contributed by atoms with E-state index in [9.17, 15) is 4.39 Å². The fourth-order valence-corrected chi connectivity index (χ4v) is 1.81. The zero-order valence-electron chi connectivity index (χ0n) is 9.33. The summed E-state index contributed by atoms with van der Waals surface area (Å²) in [6, 6.07) is 6.93. The smallest absolute Gasteiger partial charge is 0.127 e. The molecule has 1 N–H and O–H groups in total. The molecular formula is C13H15FN2. The lowest BCUT2D eigenvalue weighted by molar-refractivity contribution is 0.485. The Bertz CT molecular complexity index is 418. The molecule has 1 saturated carbocycles. The number of halogens is 1. The molecular weight excluding hydrogens is 203 g/mol. The second-order valence-corrected chi connectivity index (χ2v) is 4.42. The Morgan fingerprint density at radius 1 is 1.56 bits per heavy atom. The van der Waals surface area contributed by atoms with Crippen LogP contribution in [0.15, 0.2) is 18.2 Å². The van der Waals surface area contributed by atoms with E-state index in [1.807, 2.05) is 6.07 Å². The molecule has 1 unspecified atom stereocenters. The number of nitrogens with zero attached hydrogens (tertiary/aromatic N) is 1. The van der Waals surface area contributed by atoms with Crippen LogP contribution < -0.4 is 5.32 Å². The third-order valence-electron chi connectivity index (χ3n) is 3.12. The van der Waals surface area contributed by atoms with Crippen LogP contribution >= 0.6 is 0 Å². The van der Waals surface area contributed by atoms with Gasteiger partial charge in [0, 0.05) is 18.2 Å². The number of benzene rings is 1. The minimum Gasteiger partial charge on any atom is -0.310 e. The molecule has 1 aromatic rings. The third-order valence-corrected chi connectivity index (χ3v) is 3.12. The molecule has 84 valence electrons. The minimum atomic E-state index is -0.241. The highest BCUT2D eigenvalue weighted by molar-refractivity contribution is 5.33. The molecule has 1 aromatic carbocycles. The number of nitriles is 1. The highest BCUT2D eigenvalue weighted by Crippen LogP contribution is 2.32. The predicted molar refractivity (Wildman–Crippen MR) is 60.1 cm³/mol. The summed E-state index contributed by atoms with van der Waals surface area (Å²) in [5, 5.41) is 12.0. The molecule has 0 radical (unpaired) electrons. The topological polar surface area (TPSA) is 35.8 Å². The third kappa shape index (κ3) is 2.59. The number of hydrogen-bond donors (Lipinski definition) is 1.